The van der Waals surface area contributed by atoms with Crippen LogP contribution in [0.4, 0.5) is 17.1 Å². The number of Topliss-reactive ketones (excluding diaryl/α,β-unsaturated/α-hetero) is 1. The number of fused-ring (bicyclic) bond motifs is 1. The number of nitrogen functional groups attached to an aromatic ring is 1. The molecule has 0 aliphatic carbocycles. The predicted molar refractivity (Wildman–Crippen MR) is 78.7 cm³/mol. The molecule has 112 valence electrons. The Morgan fingerprint density at radius 3 is 2.90 bits per heavy atom. The van der Waals surface area contributed by atoms with Crippen molar-refractivity contribution in [2.24, 2.45) is 5.18 Å². The number of benzene rings is 1. The van der Waals surface area contributed by atoms with Gasteiger partial charge in [-0.1, -0.05) is 0 Å². The summed E-state index contributed by atoms with van der Waals surface area (Å²) in [4.78, 5) is 36.0. The highest BCUT2D eigenvalue weighted by molar-refractivity contribution is 6.05. The van der Waals surface area contributed by atoms with E-state index in [9.17, 15) is 14.5 Å². The minimum Gasteiger partial charge on any atom is -0.466 e. The first kappa shape index (κ1) is 15.0. The fourth-order valence-corrected chi connectivity index (χ4v) is 2.34. The maximum absolute atomic E-state index is 11.9. The van der Waals surface area contributed by atoms with Crippen molar-refractivity contribution in [2.75, 3.05) is 30.3 Å². The van der Waals surface area contributed by atoms with Crippen molar-refractivity contribution in [1.29, 1.82) is 0 Å². The van der Waals surface area contributed by atoms with Crippen molar-refractivity contribution in [3.05, 3.63) is 22.6 Å². The van der Waals surface area contributed by atoms with Gasteiger partial charge in [-0.2, -0.15) is 0 Å². The van der Waals surface area contributed by atoms with Gasteiger partial charge in [-0.05, 0) is 24.2 Å². The molecular formula is C14H17N3O4. The third kappa shape index (κ3) is 3.18. The number of carbonyl (C=O) groups is 2. The zero-order valence-corrected chi connectivity index (χ0v) is 11.8. The highest BCUT2D eigenvalue weighted by Gasteiger charge is 2.25. The first-order valence-corrected chi connectivity index (χ1v) is 6.77. The Morgan fingerprint density at radius 2 is 2.24 bits per heavy atom. The molecule has 1 aliphatic rings. The molecule has 0 amide bonds. The molecule has 0 atom stereocenters. The van der Waals surface area contributed by atoms with Crippen LogP contribution < -0.4 is 10.6 Å². The van der Waals surface area contributed by atoms with Crippen molar-refractivity contribution in [1.82, 2.24) is 0 Å². The Balaban J connectivity index is 2.24. The minimum atomic E-state index is -0.292. The molecule has 2 N–H and O–H groups in total. The van der Waals surface area contributed by atoms with Gasteiger partial charge in [0.05, 0.1) is 24.4 Å². The molecule has 0 unspecified atom stereocenters. The van der Waals surface area contributed by atoms with Crippen molar-refractivity contribution in [2.45, 2.75) is 19.8 Å². The number of esters is 1. The smallest absolute Gasteiger partial charge is 0.307 e. The summed E-state index contributed by atoms with van der Waals surface area (Å²) in [6.45, 7) is 3.00. The molecule has 1 aliphatic heterocycles. The van der Waals surface area contributed by atoms with Crippen LogP contribution in [0.25, 0.3) is 0 Å². The van der Waals surface area contributed by atoms with Gasteiger partial charge in [-0.15, -0.1) is 4.91 Å². The molecule has 0 spiro atoms. The van der Waals surface area contributed by atoms with Crippen molar-refractivity contribution in [3.8, 4) is 0 Å². The van der Waals surface area contributed by atoms with Crippen LogP contribution in [0.1, 0.15) is 30.1 Å². The molecular weight excluding hydrogens is 274 g/mol. The first-order chi connectivity index (χ1) is 10.1. The molecule has 0 bridgehead atoms. The number of rotatable bonds is 5. The summed E-state index contributed by atoms with van der Waals surface area (Å²) in [7, 11) is 0. The minimum absolute atomic E-state index is 0.0264. The Hall–Kier alpha value is -2.44. The Bertz CT molecular complexity index is 586. The molecule has 1 aromatic rings. The molecule has 0 radical (unpaired) electrons. The summed E-state index contributed by atoms with van der Waals surface area (Å²) in [5.74, 6) is -0.318. The van der Waals surface area contributed by atoms with Gasteiger partial charge in [0.15, 0.2) is 5.78 Å². The summed E-state index contributed by atoms with van der Waals surface area (Å²) in [5, 5.41) is 2.86. The average Bonchev–Trinajstić information content (AvgIpc) is 2.47. The van der Waals surface area contributed by atoms with Crippen LogP contribution in [0.2, 0.25) is 0 Å². The topological polar surface area (TPSA) is 102 Å². The van der Waals surface area contributed by atoms with E-state index in [1.54, 1.807) is 6.92 Å². The number of anilines is 2. The quantitative estimate of drug-likeness (QED) is 0.506. The third-order valence-corrected chi connectivity index (χ3v) is 3.38. The van der Waals surface area contributed by atoms with Gasteiger partial charge in [-0.25, -0.2) is 0 Å². The molecule has 1 heterocycles. The monoisotopic (exact) mass is 291 g/mol. The fraction of sp³-hybridized carbons (Fsp3) is 0.429. The van der Waals surface area contributed by atoms with Gasteiger partial charge >= 0.3 is 5.97 Å². The predicted octanol–water partition coefficient (Wildman–Crippen LogP) is 2.01. The maximum atomic E-state index is 11.9. The fourth-order valence-electron chi connectivity index (χ4n) is 2.34. The number of carbonyl (C=O) groups excluding carboxylic acids is 2. The third-order valence-electron chi connectivity index (χ3n) is 3.38. The van der Waals surface area contributed by atoms with E-state index in [4.69, 9.17) is 10.5 Å². The van der Waals surface area contributed by atoms with Crippen LogP contribution in [0.3, 0.4) is 0 Å². The molecule has 0 aromatic heterocycles. The normalized spacial score (nSPS) is 13.8. The number of ketones is 1. The molecule has 0 saturated carbocycles. The molecule has 7 nitrogen and oxygen atoms in total. The lowest BCUT2D eigenvalue weighted by molar-refractivity contribution is -0.142. The van der Waals surface area contributed by atoms with E-state index in [1.807, 2.05) is 4.90 Å². The van der Waals surface area contributed by atoms with Crippen LogP contribution in [0.15, 0.2) is 17.3 Å². The van der Waals surface area contributed by atoms with Gasteiger partial charge < -0.3 is 15.4 Å². The van der Waals surface area contributed by atoms with Crippen LogP contribution in [0, 0.1) is 4.91 Å². The van der Waals surface area contributed by atoms with Crippen LogP contribution in [-0.2, 0) is 9.53 Å². The summed E-state index contributed by atoms with van der Waals surface area (Å²) in [6, 6.07) is 2.98. The van der Waals surface area contributed by atoms with Crippen molar-refractivity contribution in [3.63, 3.8) is 0 Å². The van der Waals surface area contributed by atoms with Gasteiger partial charge in [0.25, 0.3) is 0 Å². The van der Waals surface area contributed by atoms with E-state index in [0.29, 0.717) is 37.4 Å². The number of hydrogen-bond acceptors (Lipinski definition) is 7. The Labute approximate surface area is 122 Å². The van der Waals surface area contributed by atoms with Crippen molar-refractivity contribution < 1.29 is 14.3 Å². The zero-order valence-electron chi connectivity index (χ0n) is 11.8. The molecule has 0 fully saturated rings. The number of hydrogen-bond donors (Lipinski definition) is 1. The van der Waals surface area contributed by atoms with E-state index >= 15 is 0 Å². The van der Waals surface area contributed by atoms with Gasteiger partial charge in [-0.3, -0.25) is 9.59 Å². The largest absolute Gasteiger partial charge is 0.466 e. The second-order valence-corrected chi connectivity index (χ2v) is 4.73. The standard InChI is InChI=1S/C14H17N3O4/c1-2-21-14(19)4-6-17-5-3-13(18)9-7-10(15)11(16-20)8-12(9)17/h7-8H,2-6,15H2,1H3. The van der Waals surface area contributed by atoms with E-state index in [-0.39, 0.29) is 29.5 Å². The van der Waals surface area contributed by atoms with Crippen LogP contribution >= 0.6 is 0 Å². The van der Waals surface area contributed by atoms with E-state index in [2.05, 4.69) is 5.18 Å². The van der Waals surface area contributed by atoms with Gasteiger partial charge in [0, 0.05) is 25.1 Å². The average molecular weight is 291 g/mol. The molecule has 2 rings (SSSR count). The van der Waals surface area contributed by atoms with E-state index in [1.165, 1.54) is 12.1 Å². The van der Waals surface area contributed by atoms with Crippen molar-refractivity contribution >= 4 is 28.8 Å². The maximum Gasteiger partial charge on any atom is 0.307 e. The van der Waals surface area contributed by atoms with Gasteiger partial charge in [0.1, 0.15) is 5.69 Å². The number of nitrogens with two attached hydrogens (primary N) is 1. The summed E-state index contributed by atoms with van der Waals surface area (Å²) in [5.41, 5.74) is 7.04. The highest BCUT2D eigenvalue weighted by atomic mass is 16.5. The van der Waals surface area contributed by atoms with E-state index < -0.39 is 0 Å². The first-order valence-electron chi connectivity index (χ1n) is 6.77. The molecule has 21 heavy (non-hydrogen) atoms. The second-order valence-electron chi connectivity index (χ2n) is 4.73. The van der Waals surface area contributed by atoms with E-state index in [0.717, 1.165) is 0 Å². The van der Waals surface area contributed by atoms with Crippen LogP contribution in [0.5, 0.6) is 0 Å². The summed E-state index contributed by atoms with van der Waals surface area (Å²) >= 11 is 0. The molecule has 0 saturated heterocycles. The summed E-state index contributed by atoms with van der Waals surface area (Å²) < 4.78 is 4.88. The lowest BCUT2D eigenvalue weighted by Gasteiger charge is -2.30. The lowest BCUT2D eigenvalue weighted by atomic mass is 9.98. The number of nitrogens with zero attached hydrogens (tertiary/aromatic N) is 2. The van der Waals surface area contributed by atoms with Gasteiger partial charge in [0.2, 0.25) is 0 Å². The Kier molecular flexibility index (Phi) is 4.52. The highest BCUT2D eigenvalue weighted by Crippen LogP contribution is 2.35. The molecule has 1 aromatic carbocycles. The number of nitroso groups, excluding NO2 is 1. The number of ether oxygens (including phenoxy) is 1. The van der Waals surface area contributed by atoms with Crippen LogP contribution in [-0.4, -0.2) is 31.4 Å². The SMILES string of the molecule is CCOC(=O)CCN1CCC(=O)c2cc(N)c(N=O)cc21. The summed E-state index contributed by atoms with van der Waals surface area (Å²) in [6.07, 6.45) is 0.568. The second kappa shape index (κ2) is 6.34. The Morgan fingerprint density at radius 1 is 1.48 bits per heavy atom. The zero-order chi connectivity index (χ0) is 15.4. The lowest BCUT2D eigenvalue weighted by Crippen LogP contribution is -2.34. The molecule has 7 heteroatoms.